The molecule has 12 heavy (non-hydrogen) atoms. The fraction of sp³-hybridized carbons (Fsp3) is 0.500. The van der Waals surface area contributed by atoms with E-state index in [1.165, 1.54) is 32.8 Å². The molecule has 2 rings (SSSR count). The summed E-state index contributed by atoms with van der Waals surface area (Å²) < 4.78 is 0. The Morgan fingerprint density at radius 2 is 1.42 bits per heavy atom. The van der Waals surface area contributed by atoms with Crippen molar-refractivity contribution in [2.24, 2.45) is 0 Å². The van der Waals surface area contributed by atoms with E-state index in [9.17, 15) is 0 Å². The molecule has 2 heterocycles. The standard InChI is InChI=1S/C8H10S4/c1-3-11-7-5-10-6-8(7)12-4-2-9-1/h5-6H,1-4H2. The van der Waals surface area contributed by atoms with Crippen LogP contribution in [0.25, 0.3) is 0 Å². The molecule has 0 aromatic carbocycles. The van der Waals surface area contributed by atoms with Crippen LogP contribution in [0.1, 0.15) is 0 Å². The van der Waals surface area contributed by atoms with Crippen LogP contribution >= 0.6 is 46.6 Å². The van der Waals surface area contributed by atoms with Gasteiger partial charge in [-0.1, -0.05) is 0 Å². The number of thiophene rings is 1. The lowest BCUT2D eigenvalue weighted by molar-refractivity contribution is 1.32. The van der Waals surface area contributed by atoms with E-state index in [4.69, 9.17) is 0 Å². The van der Waals surface area contributed by atoms with Crippen LogP contribution in [0.15, 0.2) is 20.6 Å². The van der Waals surface area contributed by atoms with Crippen molar-refractivity contribution >= 4 is 46.6 Å². The Kier molecular flexibility index (Phi) is 3.76. The molecular formula is C8H10S4. The molecule has 0 N–H and O–H groups in total. The predicted molar refractivity (Wildman–Crippen MR) is 63.1 cm³/mol. The first kappa shape index (κ1) is 9.31. The maximum Gasteiger partial charge on any atom is 0.0315 e. The maximum atomic E-state index is 2.28. The van der Waals surface area contributed by atoms with Gasteiger partial charge in [0.2, 0.25) is 0 Å². The number of hydrogen-bond acceptors (Lipinski definition) is 4. The summed E-state index contributed by atoms with van der Waals surface area (Å²) in [5, 5.41) is 4.56. The average Bonchev–Trinajstić information content (AvgIpc) is 2.50. The maximum absolute atomic E-state index is 2.28. The highest BCUT2D eigenvalue weighted by Gasteiger charge is 2.07. The minimum atomic E-state index is 1.27. The molecule has 0 atom stereocenters. The lowest BCUT2D eigenvalue weighted by Crippen LogP contribution is -1.85. The number of rotatable bonds is 0. The van der Waals surface area contributed by atoms with E-state index in [0.29, 0.717) is 0 Å². The van der Waals surface area contributed by atoms with Gasteiger partial charge < -0.3 is 0 Å². The van der Waals surface area contributed by atoms with Gasteiger partial charge in [-0.2, -0.15) is 23.1 Å². The van der Waals surface area contributed by atoms with E-state index in [0.717, 1.165) is 0 Å². The van der Waals surface area contributed by atoms with Crippen LogP contribution in [0.4, 0.5) is 0 Å². The van der Waals surface area contributed by atoms with Crippen molar-refractivity contribution in [3.8, 4) is 0 Å². The molecule has 0 nitrogen and oxygen atoms in total. The first-order valence-corrected chi connectivity index (χ1v) is 7.93. The topological polar surface area (TPSA) is 0 Å². The van der Waals surface area contributed by atoms with Gasteiger partial charge >= 0.3 is 0 Å². The van der Waals surface area contributed by atoms with Gasteiger partial charge in [0.15, 0.2) is 0 Å². The minimum Gasteiger partial charge on any atom is -0.160 e. The van der Waals surface area contributed by atoms with Crippen LogP contribution in [-0.2, 0) is 0 Å². The fourth-order valence-electron chi connectivity index (χ4n) is 1.01. The van der Waals surface area contributed by atoms with Gasteiger partial charge in [-0.15, -0.1) is 23.5 Å². The highest BCUT2D eigenvalue weighted by molar-refractivity contribution is 8.06. The zero-order chi connectivity index (χ0) is 8.23. The SMILES string of the molecule is c1scc2c1SCCSCCS2. The van der Waals surface area contributed by atoms with Crippen molar-refractivity contribution in [2.75, 3.05) is 23.0 Å². The minimum absolute atomic E-state index is 1.27. The second-order valence-electron chi connectivity index (χ2n) is 2.41. The Labute approximate surface area is 89.9 Å². The first-order chi connectivity index (χ1) is 5.97. The van der Waals surface area contributed by atoms with Crippen LogP contribution in [0.2, 0.25) is 0 Å². The average molecular weight is 234 g/mol. The van der Waals surface area contributed by atoms with Gasteiger partial charge in [-0.3, -0.25) is 0 Å². The van der Waals surface area contributed by atoms with E-state index >= 15 is 0 Å². The predicted octanol–water partition coefficient (Wildman–Crippen LogP) is 3.68. The molecule has 0 radical (unpaired) electrons. The lowest BCUT2D eigenvalue weighted by Gasteiger charge is -1.97. The van der Waals surface area contributed by atoms with Crippen molar-refractivity contribution in [3.05, 3.63) is 10.8 Å². The van der Waals surface area contributed by atoms with Gasteiger partial charge in [0.1, 0.15) is 0 Å². The van der Waals surface area contributed by atoms with Crippen LogP contribution in [0, 0.1) is 0 Å². The molecule has 1 aliphatic heterocycles. The number of hydrogen-bond donors (Lipinski definition) is 0. The van der Waals surface area contributed by atoms with E-state index in [-0.39, 0.29) is 0 Å². The van der Waals surface area contributed by atoms with Crippen molar-refractivity contribution in [3.63, 3.8) is 0 Å². The summed E-state index contributed by atoms with van der Waals surface area (Å²) in [7, 11) is 0. The quantitative estimate of drug-likeness (QED) is 0.672. The molecule has 66 valence electrons. The third-order valence-electron chi connectivity index (χ3n) is 1.56. The molecule has 1 aliphatic rings. The van der Waals surface area contributed by atoms with Gasteiger partial charge in [0.05, 0.1) is 0 Å². The summed E-state index contributed by atoms with van der Waals surface area (Å²) in [5.74, 6) is 5.16. The third kappa shape index (κ3) is 2.37. The molecule has 0 amide bonds. The van der Waals surface area contributed by atoms with Crippen LogP contribution in [-0.4, -0.2) is 23.0 Å². The molecule has 0 bridgehead atoms. The molecule has 0 fully saturated rings. The van der Waals surface area contributed by atoms with Crippen molar-refractivity contribution in [2.45, 2.75) is 9.79 Å². The second-order valence-corrected chi connectivity index (χ2v) is 6.65. The Hall–Kier alpha value is 0.750. The van der Waals surface area contributed by atoms with Crippen molar-refractivity contribution in [1.29, 1.82) is 0 Å². The first-order valence-electron chi connectivity index (χ1n) is 3.86. The summed E-state index contributed by atoms with van der Waals surface area (Å²) in [4.78, 5) is 3.01. The zero-order valence-corrected chi connectivity index (χ0v) is 9.88. The summed E-state index contributed by atoms with van der Waals surface area (Å²) in [5.41, 5.74) is 0. The normalized spacial score (nSPS) is 19.0. The van der Waals surface area contributed by atoms with Gasteiger partial charge in [-0.05, 0) is 0 Å². The monoisotopic (exact) mass is 234 g/mol. The van der Waals surface area contributed by atoms with Gasteiger partial charge in [-0.25, -0.2) is 0 Å². The van der Waals surface area contributed by atoms with Crippen molar-refractivity contribution in [1.82, 2.24) is 0 Å². The van der Waals surface area contributed by atoms with Crippen molar-refractivity contribution < 1.29 is 0 Å². The summed E-state index contributed by atoms with van der Waals surface area (Å²) in [6.07, 6.45) is 0. The molecule has 1 aromatic rings. The lowest BCUT2D eigenvalue weighted by atomic mass is 10.7. The number of fused-ring (bicyclic) bond motifs is 1. The summed E-state index contributed by atoms with van der Waals surface area (Å²) in [6, 6.07) is 0. The molecule has 0 aliphatic carbocycles. The highest BCUT2D eigenvalue weighted by Crippen LogP contribution is 2.35. The summed E-state index contributed by atoms with van der Waals surface area (Å²) >= 11 is 7.93. The fourth-order valence-corrected chi connectivity index (χ4v) is 5.61. The summed E-state index contributed by atoms with van der Waals surface area (Å²) in [6.45, 7) is 0. The Morgan fingerprint density at radius 3 is 2.00 bits per heavy atom. The largest absolute Gasteiger partial charge is 0.160 e. The van der Waals surface area contributed by atoms with Crippen LogP contribution in [0.5, 0.6) is 0 Å². The Morgan fingerprint density at radius 1 is 0.833 bits per heavy atom. The molecule has 4 heteroatoms. The zero-order valence-electron chi connectivity index (χ0n) is 6.62. The van der Waals surface area contributed by atoms with E-state index in [2.05, 4.69) is 22.5 Å². The highest BCUT2D eigenvalue weighted by atomic mass is 32.2. The molecule has 0 saturated carbocycles. The molecule has 0 saturated heterocycles. The Bertz CT molecular complexity index is 220. The third-order valence-corrected chi connectivity index (χ3v) is 6.35. The van der Waals surface area contributed by atoms with E-state index in [1.807, 2.05) is 34.9 Å². The second kappa shape index (κ2) is 4.84. The van der Waals surface area contributed by atoms with Crippen LogP contribution < -0.4 is 0 Å². The molecule has 0 spiro atoms. The van der Waals surface area contributed by atoms with Crippen LogP contribution in [0.3, 0.4) is 0 Å². The van der Waals surface area contributed by atoms with Gasteiger partial charge in [0, 0.05) is 43.6 Å². The van der Waals surface area contributed by atoms with E-state index < -0.39 is 0 Å². The molecule has 0 unspecified atom stereocenters. The van der Waals surface area contributed by atoms with E-state index in [1.54, 1.807) is 0 Å². The smallest absolute Gasteiger partial charge is 0.0315 e. The Balaban J connectivity index is 2.10. The molecule has 1 aromatic heterocycles. The molecular weight excluding hydrogens is 224 g/mol. The number of thioether (sulfide) groups is 3. The van der Waals surface area contributed by atoms with Gasteiger partial charge in [0.25, 0.3) is 0 Å².